The van der Waals surface area contributed by atoms with Crippen LogP contribution in [0.15, 0.2) is 28.7 Å². The molecule has 2 aromatic rings. The van der Waals surface area contributed by atoms with Crippen molar-refractivity contribution in [3.8, 4) is 11.4 Å². The maximum absolute atomic E-state index is 11.7. The number of rotatable bonds is 5. The summed E-state index contributed by atoms with van der Waals surface area (Å²) in [6, 6.07) is 7.63. The smallest absolute Gasteiger partial charge is 0.243 e. The van der Waals surface area contributed by atoms with E-state index in [1.54, 1.807) is 0 Å². The van der Waals surface area contributed by atoms with Gasteiger partial charge in [0.05, 0.1) is 0 Å². The minimum absolute atomic E-state index is 0.0725. The first-order chi connectivity index (χ1) is 9.70. The minimum atomic E-state index is -0.0725. The lowest BCUT2D eigenvalue weighted by Crippen LogP contribution is -2.30. The Morgan fingerprint density at radius 2 is 2.10 bits per heavy atom. The highest BCUT2D eigenvalue weighted by Crippen LogP contribution is 2.27. The second-order valence-corrected chi connectivity index (χ2v) is 5.81. The number of nitrogens with one attached hydrogen (secondary N) is 1. The molecule has 1 N–H and O–H groups in total. The van der Waals surface area contributed by atoms with E-state index < -0.39 is 0 Å². The summed E-state index contributed by atoms with van der Waals surface area (Å²) in [5, 5.41) is 15.0. The summed E-state index contributed by atoms with van der Waals surface area (Å²) < 4.78 is 0.994. The molecule has 1 aliphatic carbocycles. The van der Waals surface area contributed by atoms with Gasteiger partial charge in [0.1, 0.15) is 6.54 Å². The summed E-state index contributed by atoms with van der Waals surface area (Å²) in [6.45, 7) is 0.864. The Balaban J connectivity index is 1.60. The number of amides is 1. The molecule has 3 rings (SSSR count). The van der Waals surface area contributed by atoms with Crippen molar-refractivity contribution in [3.05, 3.63) is 28.7 Å². The Labute approximate surface area is 124 Å². The lowest BCUT2D eigenvalue weighted by molar-refractivity contribution is -0.122. The SMILES string of the molecule is O=C(Cn1nnc(-c2ccc(Br)cc2)n1)NCC1CC1. The van der Waals surface area contributed by atoms with Gasteiger partial charge in [-0.1, -0.05) is 15.9 Å². The zero-order valence-corrected chi connectivity index (χ0v) is 12.4. The standard InChI is InChI=1S/C13H14BrN5O/c14-11-5-3-10(4-6-11)13-16-18-19(17-13)8-12(20)15-7-9-1-2-9/h3-6,9H,1-2,7-8H2,(H,15,20). The Bertz CT molecular complexity index is 605. The summed E-state index contributed by atoms with van der Waals surface area (Å²) in [7, 11) is 0. The third-order valence-corrected chi connectivity index (χ3v) is 3.65. The van der Waals surface area contributed by atoms with E-state index in [9.17, 15) is 4.79 Å². The number of tetrazole rings is 1. The molecule has 20 heavy (non-hydrogen) atoms. The van der Waals surface area contributed by atoms with Crippen LogP contribution in [0.1, 0.15) is 12.8 Å². The lowest BCUT2D eigenvalue weighted by Gasteiger charge is -2.02. The van der Waals surface area contributed by atoms with Crippen LogP contribution in [0.2, 0.25) is 0 Å². The molecule has 1 aromatic carbocycles. The largest absolute Gasteiger partial charge is 0.354 e. The topological polar surface area (TPSA) is 72.7 Å². The second kappa shape index (κ2) is 5.70. The van der Waals surface area contributed by atoms with E-state index in [1.807, 2.05) is 24.3 Å². The van der Waals surface area contributed by atoms with E-state index in [4.69, 9.17) is 0 Å². The molecule has 104 valence electrons. The van der Waals surface area contributed by atoms with Crippen molar-refractivity contribution in [2.24, 2.45) is 5.92 Å². The van der Waals surface area contributed by atoms with Crippen molar-refractivity contribution in [1.29, 1.82) is 0 Å². The van der Waals surface area contributed by atoms with Gasteiger partial charge in [-0.2, -0.15) is 4.80 Å². The van der Waals surface area contributed by atoms with Crippen LogP contribution < -0.4 is 5.32 Å². The number of benzene rings is 1. The highest BCUT2D eigenvalue weighted by atomic mass is 79.9. The second-order valence-electron chi connectivity index (χ2n) is 4.90. The van der Waals surface area contributed by atoms with Gasteiger partial charge in [-0.05, 0) is 48.2 Å². The Hall–Kier alpha value is -1.76. The molecule has 0 spiro atoms. The van der Waals surface area contributed by atoms with Crippen LogP contribution >= 0.6 is 15.9 Å². The third kappa shape index (κ3) is 3.41. The van der Waals surface area contributed by atoms with E-state index in [1.165, 1.54) is 17.6 Å². The molecule has 1 heterocycles. The molecule has 1 aromatic heterocycles. The molecule has 1 saturated carbocycles. The van der Waals surface area contributed by atoms with Crippen molar-refractivity contribution in [2.45, 2.75) is 19.4 Å². The van der Waals surface area contributed by atoms with Crippen LogP contribution in [0.5, 0.6) is 0 Å². The molecule has 1 fully saturated rings. The molecule has 0 aliphatic heterocycles. The van der Waals surface area contributed by atoms with Crippen molar-refractivity contribution in [2.75, 3.05) is 6.54 Å². The van der Waals surface area contributed by atoms with E-state index >= 15 is 0 Å². The van der Waals surface area contributed by atoms with Gasteiger partial charge in [-0.25, -0.2) is 0 Å². The Morgan fingerprint density at radius 3 is 2.80 bits per heavy atom. The number of hydrogen-bond acceptors (Lipinski definition) is 4. The quantitative estimate of drug-likeness (QED) is 0.901. The predicted molar refractivity (Wildman–Crippen MR) is 76.7 cm³/mol. The van der Waals surface area contributed by atoms with Gasteiger partial charge in [-0.15, -0.1) is 10.2 Å². The van der Waals surface area contributed by atoms with E-state index in [0.29, 0.717) is 11.7 Å². The fraction of sp³-hybridized carbons (Fsp3) is 0.385. The molecular formula is C13H14BrN5O. The van der Waals surface area contributed by atoms with Gasteiger partial charge >= 0.3 is 0 Å². The fourth-order valence-corrected chi connectivity index (χ4v) is 2.05. The summed E-state index contributed by atoms with van der Waals surface area (Å²) in [6.07, 6.45) is 2.44. The number of nitrogens with zero attached hydrogens (tertiary/aromatic N) is 4. The maximum atomic E-state index is 11.7. The normalized spacial score (nSPS) is 14.2. The van der Waals surface area contributed by atoms with Crippen LogP contribution in [0.4, 0.5) is 0 Å². The Morgan fingerprint density at radius 1 is 1.35 bits per heavy atom. The van der Waals surface area contributed by atoms with Gasteiger partial charge in [0, 0.05) is 16.6 Å². The van der Waals surface area contributed by atoms with Gasteiger partial charge in [-0.3, -0.25) is 4.79 Å². The predicted octanol–water partition coefficient (Wildman–Crippen LogP) is 1.63. The first kappa shape index (κ1) is 13.2. The number of aromatic nitrogens is 4. The van der Waals surface area contributed by atoms with E-state index in [2.05, 4.69) is 36.7 Å². The van der Waals surface area contributed by atoms with Crippen molar-refractivity contribution >= 4 is 21.8 Å². The van der Waals surface area contributed by atoms with Gasteiger partial charge < -0.3 is 5.32 Å². The summed E-state index contributed by atoms with van der Waals surface area (Å²) in [5.74, 6) is 1.12. The molecule has 0 unspecified atom stereocenters. The van der Waals surface area contributed by atoms with E-state index in [0.717, 1.165) is 16.6 Å². The van der Waals surface area contributed by atoms with Crippen LogP contribution in [0, 0.1) is 5.92 Å². The highest BCUT2D eigenvalue weighted by Gasteiger charge is 2.21. The first-order valence-electron chi connectivity index (χ1n) is 6.51. The average molecular weight is 336 g/mol. The molecule has 0 bridgehead atoms. The zero-order chi connectivity index (χ0) is 13.9. The molecule has 7 heteroatoms. The summed E-state index contributed by atoms with van der Waals surface area (Å²) in [4.78, 5) is 13.0. The van der Waals surface area contributed by atoms with Crippen LogP contribution in [0.3, 0.4) is 0 Å². The van der Waals surface area contributed by atoms with Crippen molar-refractivity contribution in [1.82, 2.24) is 25.5 Å². The number of halogens is 1. The average Bonchev–Trinajstić information content (AvgIpc) is 3.16. The number of carbonyl (C=O) groups is 1. The highest BCUT2D eigenvalue weighted by molar-refractivity contribution is 9.10. The monoisotopic (exact) mass is 335 g/mol. The summed E-state index contributed by atoms with van der Waals surface area (Å²) >= 11 is 3.38. The molecule has 0 saturated heterocycles. The summed E-state index contributed by atoms with van der Waals surface area (Å²) in [5.41, 5.74) is 0.873. The molecular weight excluding hydrogens is 322 g/mol. The fourth-order valence-electron chi connectivity index (χ4n) is 1.79. The van der Waals surface area contributed by atoms with E-state index in [-0.39, 0.29) is 12.5 Å². The Kier molecular flexibility index (Phi) is 3.77. The van der Waals surface area contributed by atoms with Gasteiger partial charge in [0.25, 0.3) is 0 Å². The molecule has 6 nitrogen and oxygen atoms in total. The first-order valence-corrected chi connectivity index (χ1v) is 7.30. The molecule has 1 aliphatic rings. The number of carbonyl (C=O) groups excluding carboxylic acids is 1. The number of hydrogen-bond donors (Lipinski definition) is 1. The van der Waals surface area contributed by atoms with Crippen LogP contribution in [-0.4, -0.2) is 32.7 Å². The molecule has 0 atom stereocenters. The molecule has 1 amide bonds. The minimum Gasteiger partial charge on any atom is -0.354 e. The van der Waals surface area contributed by atoms with Crippen LogP contribution in [0.25, 0.3) is 11.4 Å². The van der Waals surface area contributed by atoms with Gasteiger partial charge in [0.2, 0.25) is 11.7 Å². The van der Waals surface area contributed by atoms with Crippen LogP contribution in [-0.2, 0) is 11.3 Å². The zero-order valence-electron chi connectivity index (χ0n) is 10.8. The van der Waals surface area contributed by atoms with Crippen molar-refractivity contribution < 1.29 is 4.79 Å². The maximum Gasteiger partial charge on any atom is 0.243 e. The third-order valence-electron chi connectivity index (χ3n) is 3.13. The lowest BCUT2D eigenvalue weighted by atomic mass is 10.2. The molecule has 0 radical (unpaired) electrons. The van der Waals surface area contributed by atoms with Gasteiger partial charge in [0.15, 0.2) is 0 Å². The van der Waals surface area contributed by atoms with Crippen molar-refractivity contribution in [3.63, 3.8) is 0 Å².